The van der Waals surface area contributed by atoms with Crippen molar-refractivity contribution in [3.8, 4) is 11.5 Å². The number of rotatable bonds is 4. The quantitative estimate of drug-likeness (QED) is 0.614. The molecule has 25 heavy (non-hydrogen) atoms. The third-order valence-electron chi connectivity index (χ3n) is 3.93. The second-order valence-corrected chi connectivity index (χ2v) is 5.55. The Morgan fingerprint density at radius 3 is 2.68 bits per heavy atom. The molecule has 0 atom stereocenters. The lowest BCUT2D eigenvalue weighted by molar-refractivity contribution is 0.101. The standard InChI is InChI=1S/C19H16N4O2/c1-2-23-16(11-12-20-23)18(24)21-14-9-7-13(8-10-14)19-22-15-5-3-4-6-17(15)25-19/h3-12H,2H2,1H3,(H,21,24). The lowest BCUT2D eigenvalue weighted by Crippen LogP contribution is -2.17. The molecule has 2 aromatic carbocycles. The zero-order valence-electron chi connectivity index (χ0n) is 13.6. The van der Waals surface area contributed by atoms with Gasteiger partial charge in [-0.15, -0.1) is 0 Å². The van der Waals surface area contributed by atoms with Gasteiger partial charge in [0.15, 0.2) is 5.58 Å². The minimum Gasteiger partial charge on any atom is -0.436 e. The van der Waals surface area contributed by atoms with Crippen LogP contribution >= 0.6 is 0 Å². The van der Waals surface area contributed by atoms with Crippen LogP contribution in [0, 0.1) is 0 Å². The lowest BCUT2D eigenvalue weighted by Gasteiger charge is -2.07. The molecule has 4 aromatic rings. The summed E-state index contributed by atoms with van der Waals surface area (Å²) in [5.41, 5.74) is 3.66. The highest BCUT2D eigenvalue weighted by atomic mass is 16.3. The van der Waals surface area contributed by atoms with Crippen LogP contribution in [0.2, 0.25) is 0 Å². The Balaban J connectivity index is 1.54. The smallest absolute Gasteiger partial charge is 0.273 e. The third-order valence-corrected chi connectivity index (χ3v) is 3.93. The number of hydrogen-bond acceptors (Lipinski definition) is 4. The van der Waals surface area contributed by atoms with Gasteiger partial charge in [0.1, 0.15) is 11.2 Å². The van der Waals surface area contributed by atoms with Gasteiger partial charge in [0.2, 0.25) is 5.89 Å². The van der Waals surface area contributed by atoms with Gasteiger partial charge in [0.05, 0.1) is 0 Å². The first kappa shape index (κ1) is 15.1. The van der Waals surface area contributed by atoms with E-state index < -0.39 is 0 Å². The molecule has 2 aromatic heterocycles. The van der Waals surface area contributed by atoms with Gasteiger partial charge < -0.3 is 9.73 Å². The predicted octanol–water partition coefficient (Wildman–Crippen LogP) is 3.96. The fourth-order valence-corrected chi connectivity index (χ4v) is 2.66. The van der Waals surface area contributed by atoms with E-state index in [1.165, 1.54) is 0 Å². The number of carbonyl (C=O) groups excluding carboxylic acids is 1. The number of aromatic nitrogens is 3. The van der Waals surface area contributed by atoms with Crippen molar-refractivity contribution >= 4 is 22.7 Å². The van der Waals surface area contributed by atoms with Crippen LogP contribution < -0.4 is 5.32 Å². The maximum absolute atomic E-state index is 12.3. The Kier molecular flexibility index (Phi) is 3.78. The number of carbonyl (C=O) groups is 1. The van der Waals surface area contributed by atoms with Gasteiger partial charge in [-0.2, -0.15) is 5.10 Å². The molecule has 0 saturated heterocycles. The average Bonchev–Trinajstić information content (AvgIpc) is 3.28. The monoisotopic (exact) mass is 332 g/mol. The van der Waals surface area contributed by atoms with Crippen LogP contribution in [0.4, 0.5) is 5.69 Å². The Morgan fingerprint density at radius 1 is 1.12 bits per heavy atom. The second-order valence-electron chi connectivity index (χ2n) is 5.55. The van der Waals surface area contributed by atoms with E-state index in [4.69, 9.17) is 4.42 Å². The molecule has 6 nitrogen and oxygen atoms in total. The summed E-state index contributed by atoms with van der Waals surface area (Å²) in [5.74, 6) is 0.372. The van der Waals surface area contributed by atoms with E-state index in [-0.39, 0.29) is 5.91 Å². The van der Waals surface area contributed by atoms with Crippen molar-refractivity contribution < 1.29 is 9.21 Å². The number of hydrogen-bond donors (Lipinski definition) is 1. The van der Waals surface area contributed by atoms with E-state index in [9.17, 15) is 4.79 Å². The molecule has 0 aliphatic rings. The zero-order chi connectivity index (χ0) is 17.2. The summed E-state index contributed by atoms with van der Waals surface area (Å²) in [6.07, 6.45) is 1.62. The average molecular weight is 332 g/mol. The van der Waals surface area contributed by atoms with Crippen molar-refractivity contribution in [1.29, 1.82) is 0 Å². The van der Waals surface area contributed by atoms with Crippen molar-refractivity contribution in [2.75, 3.05) is 5.32 Å². The van der Waals surface area contributed by atoms with Crippen LogP contribution in [0.5, 0.6) is 0 Å². The van der Waals surface area contributed by atoms with Gasteiger partial charge in [-0.3, -0.25) is 9.48 Å². The third kappa shape index (κ3) is 2.89. The van der Waals surface area contributed by atoms with E-state index in [1.54, 1.807) is 16.9 Å². The largest absolute Gasteiger partial charge is 0.436 e. The Bertz CT molecular complexity index is 998. The molecule has 6 heteroatoms. The molecule has 0 radical (unpaired) electrons. The van der Waals surface area contributed by atoms with Gasteiger partial charge >= 0.3 is 0 Å². The summed E-state index contributed by atoms with van der Waals surface area (Å²) in [4.78, 5) is 16.8. The van der Waals surface area contributed by atoms with Crippen LogP contribution in [0.3, 0.4) is 0 Å². The molecule has 4 rings (SSSR count). The van der Waals surface area contributed by atoms with Crippen LogP contribution in [0.1, 0.15) is 17.4 Å². The number of para-hydroxylation sites is 2. The summed E-state index contributed by atoms with van der Waals surface area (Å²) in [6.45, 7) is 2.59. The van der Waals surface area contributed by atoms with E-state index in [0.29, 0.717) is 23.8 Å². The maximum Gasteiger partial charge on any atom is 0.273 e. The number of benzene rings is 2. The summed E-state index contributed by atoms with van der Waals surface area (Å²) in [7, 11) is 0. The van der Waals surface area contributed by atoms with Gasteiger partial charge in [-0.1, -0.05) is 12.1 Å². The molecule has 0 fully saturated rings. The maximum atomic E-state index is 12.3. The Morgan fingerprint density at radius 2 is 1.92 bits per heavy atom. The molecule has 0 aliphatic carbocycles. The van der Waals surface area contributed by atoms with Crippen molar-refractivity contribution in [1.82, 2.24) is 14.8 Å². The summed E-state index contributed by atoms with van der Waals surface area (Å²) in [5, 5.41) is 6.98. The van der Waals surface area contributed by atoms with Gasteiger partial charge in [0, 0.05) is 24.0 Å². The van der Waals surface area contributed by atoms with Crippen LogP contribution in [0.15, 0.2) is 65.2 Å². The first-order valence-corrected chi connectivity index (χ1v) is 8.04. The topological polar surface area (TPSA) is 73.0 Å². The molecular formula is C19H16N4O2. The zero-order valence-corrected chi connectivity index (χ0v) is 13.6. The van der Waals surface area contributed by atoms with Gasteiger partial charge in [-0.05, 0) is 49.4 Å². The second kappa shape index (κ2) is 6.24. The fraction of sp³-hybridized carbons (Fsp3) is 0.105. The number of nitrogens with one attached hydrogen (secondary N) is 1. The van der Waals surface area contributed by atoms with E-state index in [0.717, 1.165) is 16.7 Å². The lowest BCUT2D eigenvalue weighted by atomic mass is 10.2. The molecule has 0 bridgehead atoms. The summed E-state index contributed by atoms with van der Waals surface area (Å²) < 4.78 is 7.41. The van der Waals surface area contributed by atoms with E-state index in [2.05, 4.69) is 15.4 Å². The molecule has 1 amide bonds. The minimum atomic E-state index is -0.186. The normalized spacial score (nSPS) is 10.9. The van der Waals surface area contributed by atoms with Crippen molar-refractivity contribution in [2.45, 2.75) is 13.5 Å². The van der Waals surface area contributed by atoms with Crippen molar-refractivity contribution in [3.63, 3.8) is 0 Å². The van der Waals surface area contributed by atoms with Crippen LogP contribution in [-0.2, 0) is 6.54 Å². The summed E-state index contributed by atoms with van der Waals surface area (Å²) in [6, 6.07) is 16.7. The number of nitrogens with zero attached hydrogens (tertiary/aromatic N) is 3. The minimum absolute atomic E-state index is 0.186. The molecule has 0 saturated carbocycles. The number of aryl methyl sites for hydroxylation is 1. The summed E-state index contributed by atoms with van der Waals surface area (Å²) >= 11 is 0. The number of fused-ring (bicyclic) bond motifs is 1. The van der Waals surface area contributed by atoms with Crippen LogP contribution in [-0.4, -0.2) is 20.7 Å². The predicted molar refractivity (Wildman–Crippen MR) is 95.3 cm³/mol. The van der Waals surface area contributed by atoms with E-state index >= 15 is 0 Å². The molecule has 0 unspecified atom stereocenters. The highest BCUT2D eigenvalue weighted by Gasteiger charge is 2.12. The molecule has 0 aliphatic heterocycles. The molecule has 124 valence electrons. The fourth-order valence-electron chi connectivity index (χ4n) is 2.66. The Hall–Kier alpha value is -3.41. The molecular weight excluding hydrogens is 316 g/mol. The molecule has 0 spiro atoms. The highest BCUT2D eigenvalue weighted by Crippen LogP contribution is 2.25. The SMILES string of the molecule is CCn1nccc1C(=O)Nc1ccc(-c2nc3ccccc3o2)cc1. The van der Waals surface area contributed by atoms with E-state index in [1.807, 2.05) is 55.5 Å². The van der Waals surface area contributed by atoms with Gasteiger partial charge in [0.25, 0.3) is 5.91 Å². The van der Waals surface area contributed by atoms with Crippen molar-refractivity contribution in [2.24, 2.45) is 0 Å². The molecule has 1 N–H and O–H groups in total. The first-order valence-electron chi connectivity index (χ1n) is 8.04. The number of amides is 1. The Labute approximate surface area is 144 Å². The highest BCUT2D eigenvalue weighted by molar-refractivity contribution is 6.03. The number of oxazole rings is 1. The molecule has 2 heterocycles. The van der Waals surface area contributed by atoms with Crippen molar-refractivity contribution in [3.05, 3.63) is 66.5 Å². The number of anilines is 1. The first-order chi connectivity index (χ1) is 12.2. The van der Waals surface area contributed by atoms with Crippen LogP contribution in [0.25, 0.3) is 22.6 Å². The van der Waals surface area contributed by atoms with Gasteiger partial charge in [-0.25, -0.2) is 4.98 Å².